The number of hydrogen-bond donors (Lipinski definition) is 2. The molecule has 0 spiro atoms. The van der Waals surface area contributed by atoms with Gasteiger partial charge in [0, 0.05) is 12.0 Å². The van der Waals surface area contributed by atoms with Gasteiger partial charge in [-0.2, -0.15) is 0 Å². The minimum absolute atomic E-state index is 0.291. The van der Waals surface area contributed by atoms with E-state index in [1.54, 1.807) is 18.5 Å². The van der Waals surface area contributed by atoms with Gasteiger partial charge in [-0.15, -0.1) is 0 Å². The third-order valence-corrected chi connectivity index (χ3v) is 6.41. The van der Waals surface area contributed by atoms with E-state index >= 15 is 0 Å². The lowest BCUT2D eigenvalue weighted by Gasteiger charge is -2.28. The molecule has 1 aliphatic carbocycles. The molecule has 0 unspecified atom stereocenters. The molecule has 4 rings (SSSR count). The second-order valence-electron chi connectivity index (χ2n) is 9.40. The van der Waals surface area contributed by atoms with Crippen LogP contribution in [0.5, 0.6) is 0 Å². The number of hydrogen-bond acceptors (Lipinski definition) is 4. The van der Waals surface area contributed by atoms with Crippen LogP contribution in [0.15, 0.2) is 60.9 Å². The van der Waals surface area contributed by atoms with Crippen molar-refractivity contribution >= 4 is 17.3 Å². The Bertz CT molecular complexity index is 1070. The third kappa shape index (κ3) is 5.95. The lowest BCUT2D eigenvalue weighted by Crippen LogP contribution is -2.16. The van der Waals surface area contributed by atoms with Gasteiger partial charge in [-0.1, -0.05) is 24.3 Å². The zero-order valence-electron chi connectivity index (χ0n) is 19.1. The molecule has 0 aliphatic heterocycles. The van der Waals surface area contributed by atoms with Gasteiger partial charge >= 0.3 is 5.97 Å². The van der Waals surface area contributed by atoms with Gasteiger partial charge < -0.3 is 10.4 Å². The number of aliphatic carboxylic acids is 1. The molecule has 3 aromatic rings. The highest BCUT2D eigenvalue weighted by Crippen LogP contribution is 2.37. The van der Waals surface area contributed by atoms with Gasteiger partial charge in [0.1, 0.15) is 5.67 Å². The molecule has 5 nitrogen and oxygen atoms in total. The number of carboxylic acids is 1. The first kappa shape index (κ1) is 22.9. The number of halogens is 1. The molecule has 33 heavy (non-hydrogen) atoms. The van der Waals surface area contributed by atoms with E-state index in [4.69, 9.17) is 5.11 Å². The molecule has 6 heteroatoms. The van der Waals surface area contributed by atoms with Crippen molar-refractivity contribution in [1.29, 1.82) is 0 Å². The second kappa shape index (κ2) is 9.69. The van der Waals surface area contributed by atoms with Gasteiger partial charge in [-0.3, -0.25) is 14.8 Å². The van der Waals surface area contributed by atoms with E-state index in [2.05, 4.69) is 39.6 Å². The highest BCUT2D eigenvalue weighted by atomic mass is 19.1. The van der Waals surface area contributed by atoms with E-state index in [9.17, 15) is 9.18 Å². The Morgan fingerprint density at radius 1 is 0.970 bits per heavy atom. The first-order valence-corrected chi connectivity index (χ1v) is 11.5. The summed E-state index contributed by atoms with van der Waals surface area (Å²) in [5, 5.41) is 12.2. The fourth-order valence-electron chi connectivity index (χ4n) is 4.50. The number of rotatable bonds is 7. The summed E-state index contributed by atoms with van der Waals surface area (Å²) < 4.78 is 14.0. The number of benzene rings is 1. The number of nitrogens with zero attached hydrogens (tertiary/aromatic N) is 2. The molecule has 0 saturated heterocycles. The van der Waals surface area contributed by atoms with E-state index in [0.29, 0.717) is 24.0 Å². The molecule has 0 atom stereocenters. The van der Waals surface area contributed by atoms with Crippen molar-refractivity contribution in [2.24, 2.45) is 5.92 Å². The average molecular weight is 448 g/mol. The van der Waals surface area contributed by atoms with Gasteiger partial charge in [0.05, 0.1) is 35.2 Å². The van der Waals surface area contributed by atoms with Gasteiger partial charge in [-0.25, -0.2) is 4.39 Å². The summed E-state index contributed by atoms with van der Waals surface area (Å²) in [4.78, 5) is 19.7. The molecule has 1 aromatic carbocycles. The lowest BCUT2D eigenvalue weighted by atomic mass is 9.77. The Morgan fingerprint density at radius 2 is 1.61 bits per heavy atom. The van der Waals surface area contributed by atoms with Gasteiger partial charge in [0.15, 0.2) is 0 Å². The molecule has 1 saturated carbocycles. The summed E-state index contributed by atoms with van der Waals surface area (Å²) in [5.41, 5.74) is 3.82. The van der Waals surface area contributed by atoms with Crippen molar-refractivity contribution < 1.29 is 14.3 Å². The summed E-state index contributed by atoms with van der Waals surface area (Å²) in [6, 6.07) is 16.0. The van der Waals surface area contributed by atoms with E-state index in [-0.39, 0.29) is 0 Å². The molecule has 2 heterocycles. The van der Waals surface area contributed by atoms with Gasteiger partial charge in [0.2, 0.25) is 0 Å². The maximum Gasteiger partial charge on any atom is 0.303 e. The number of carboxylic acid groups (broad SMARTS) is 1. The number of pyridine rings is 2. The highest BCUT2D eigenvalue weighted by molar-refractivity contribution is 5.67. The van der Waals surface area contributed by atoms with Crippen LogP contribution in [-0.2, 0) is 10.5 Å². The van der Waals surface area contributed by atoms with E-state index in [1.807, 2.05) is 18.2 Å². The van der Waals surface area contributed by atoms with E-state index < -0.39 is 11.6 Å². The van der Waals surface area contributed by atoms with Crippen molar-refractivity contribution in [3.05, 3.63) is 72.2 Å². The lowest BCUT2D eigenvalue weighted by molar-refractivity contribution is -0.138. The van der Waals surface area contributed by atoms with Crippen LogP contribution in [0.3, 0.4) is 0 Å². The Balaban J connectivity index is 1.36. The van der Waals surface area contributed by atoms with Crippen molar-refractivity contribution in [2.75, 3.05) is 5.32 Å². The molecular formula is C27H30FN3O2. The van der Waals surface area contributed by atoms with Crippen molar-refractivity contribution in [3.63, 3.8) is 0 Å². The molecule has 0 amide bonds. The maximum absolute atomic E-state index is 14.0. The molecule has 0 radical (unpaired) electrons. The van der Waals surface area contributed by atoms with E-state index in [0.717, 1.165) is 48.3 Å². The van der Waals surface area contributed by atoms with Crippen LogP contribution < -0.4 is 5.32 Å². The predicted molar refractivity (Wildman–Crippen MR) is 128 cm³/mol. The first-order chi connectivity index (χ1) is 15.8. The van der Waals surface area contributed by atoms with Gasteiger partial charge in [0.25, 0.3) is 0 Å². The number of nitrogens with one attached hydrogen (secondary N) is 1. The Hall–Kier alpha value is -3.28. The summed E-state index contributed by atoms with van der Waals surface area (Å²) in [6.45, 7) is 2.98. The van der Waals surface area contributed by atoms with Crippen LogP contribution in [0.25, 0.3) is 11.3 Å². The average Bonchev–Trinajstić information content (AvgIpc) is 2.80. The molecule has 2 N–H and O–H groups in total. The summed E-state index contributed by atoms with van der Waals surface area (Å²) in [5.74, 6) is 0.136. The number of carbonyl (C=O) groups is 1. The maximum atomic E-state index is 14.0. The molecule has 1 fully saturated rings. The van der Waals surface area contributed by atoms with Crippen LogP contribution in [-0.4, -0.2) is 21.0 Å². The second-order valence-corrected chi connectivity index (χ2v) is 9.40. The third-order valence-electron chi connectivity index (χ3n) is 6.41. The smallest absolute Gasteiger partial charge is 0.303 e. The molecule has 172 valence electrons. The van der Waals surface area contributed by atoms with Crippen molar-refractivity contribution in [1.82, 2.24) is 9.97 Å². The fraction of sp³-hybridized carbons (Fsp3) is 0.370. The van der Waals surface area contributed by atoms with Crippen LogP contribution in [0.1, 0.15) is 63.1 Å². The minimum atomic E-state index is -1.46. The molecule has 0 bridgehead atoms. The van der Waals surface area contributed by atoms with Crippen LogP contribution in [0, 0.1) is 5.92 Å². The van der Waals surface area contributed by atoms with E-state index in [1.165, 1.54) is 19.4 Å². The van der Waals surface area contributed by atoms with Crippen molar-refractivity contribution in [2.45, 2.75) is 57.5 Å². The quantitative estimate of drug-likeness (QED) is 0.415. The standard InChI is InChI=1S/C27H30FN3O2/c1-27(2,28)25-14-12-23(17-30-25)31-22-11-13-24(29-16-22)21-9-7-20(8-10-21)19-5-3-18(4-6-19)15-26(32)33/h7-14,16-19,31H,3-6,15H2,1-2H3,(H,32,33). The van der Waals surface area contributed by atoms with Gasteiger partial charge in [-0.05, 0) is 81.2 Å². The zero-order chi connectivity index (χ0) is 23.4. The van der Waals surface area contributed by atoms with Crippen LogP contribution >= 0.6 is 0 Å². The number of anilines is 2. The summed E-state index contributed by atoms with van der Waals surface area (Å²) in [7, 11) is 0. The van der Waals surface area contributed by atoms with Crippen LogP contribution in [0.4, 0.5) is 15.8 Å². The van der Waals surface area contributed by atoms with Crippen molar-refractivity contribution in [3.8, 4) is 11.3 Å². The number of aromatic nitrogens is 2. The zero-order valence-corrected chi connectivity index (χ0v) is 19.1. The predicted octanol–water partition coefficient (Wildman–Crippen LogP) is 6.84. The summed E-state index contributed by atoms with van der Waals surface area (Å²) >= 11 is 0. The molecular weight excluding hydrogens is 417 g/mol. The Labute approximate surface area is 194 Å². The Kier molecular flexibility index (Phi) is 6.72. The highest BCUT2D eigenvalue weighted by Gasteiger charge is 2.24. The molecule has 2 aromatic heterocycles. The topological polar surface area (TPSA) is 75.1 Å². The first-order valence-electron chi connectivity index (χ1n) is 11.5. The SMILES string of the molecule is CC(C)(F)c1ccc(Nc2ccc(-c3ccc(C4CCC(CC(=O)O)CC4)cc3)nc2)cn1. The fourth-order valence-corrected chi connectivity index (χ4v) is 4.50. The normalized spacial score (nSPS) is 18.6. The van der Waals surface area contributed by atoms with Crippen LogP contribution in [0.2, 0.25) is 0 Å². The monoisotopic (exact) mass is 447 g/mol. The Morgan fingerprint density at radius 3 is 2.12 bits per heavy atom. The molecule has 1 aliphatic rings. The summed E-state index contributed by atoms with van der Waals surface area (Å²) in [6.07, 6.45) is 7.76. The largest absolute Gasteiger partial charge is 0.481 e. The number of alkyl halides is 1. The minimum Gasteiger partial charge on any atom is -0.481 e.